The fourth-order valence-corrected chi connectivity index (χ4v) is 5.39. The Bertz CT molecular complexity index is 1800. The zero-order valence-corrected chi connectivity index (χ0v) is 26.0. The average Bonchev–Trinajstić information content (AvgIpc) is 3.60. The first-order valence-corrected chi connectivity index (χ1v) is 14.3. The number of carbonyl (C=O) groups is 2. The van der Waals surface area contributed by atoms with Gasteiger partial charge in [-0.3, -0.25) is 0 Å². The molecule has 2 N–H and O–H groups in total. The number of nitrogens with one attached hydrogen (secondary N) is 2. The summed E-state index contributed by atoms with van der Waals surface area (Å²) in [4.78, 5) is 29.7. The molecule has 222 valence electrons. The summed E-state index contributed by atoms with van der Waals surface area (Å²) >= 11 is 12.7. The van der Waals surface area contributed by atoms with E-state index in [0.29, 0.717) is 34.4 Å². The highest BCUT2D eigenvalue weighted by molar-refractivity contribution is 6.65. The van der Waals surface area contributed by atoms with Crippen molar-refractivity contribution in [3.05, 3.63) is 87.7 Å². The molecule has 0 spiro atoms. The van der Waals surface area contributed by atoms with Gasteiger partial charge in [-0.05, 0) is 30.7 Å². The second-order valence-corrected chi connectivity index (χ2v) is 12.0. The van der Waals surface area contributed by atoms with E-state index in [1.807, 2.05) is 49.4 Å². The van der Waals surface area contributed by atoms with E-state index in [4.69, 9.17) is 42.0 Å². The summed E-state index contributed by atoms with van der Waals surface area (Å²) in [6.45, 7) is 7.37. The molecule has 0 saturated carbocycles. The number of H-pyrrole nitrogens is 2. The highest BCUT2D eigenvalue weighted by Crippen LogP contribution is 2.34. The van der Waals surface area contributed by atoms with Crippen LogP contribution in [0.25, 0.3) is 32.9 Å². The molecular formula is C32H31BCl2N2O6. The predicted molar refractivity (Wildman–Crippen MR) is 171 cm³/mol. The first-order valence-electron chi connectivity index (χ1n) is 13.6. The minimum atomic E-state index is -0.523. The molecule has 43 heavy (non-hydrogen) atoms. The van der Waals surface area contributed by atoms with Gasteiger partial charge in [-0.1, -0.05) is 72.9 Å². The largest absolute Gasteiger partial charge is 0.495 e. The number of fused-ring (bicyclic) bond motifs is 2. The SMILES string of the molecule is COC(=O)c1c[nH]c2cc(Cl)c(-c3ccc(C)cc3)cc12.COC(=O)c1c[nH]c2cc(Cl)c(B3OCC(C)(C)CO3)cc12. The van der Waals surface area contributed by atoms with Crippen molar-refractivity contribution >= 4 is 69.5 Å². The lowest BCUT2D eigenvalue weighted by molar-refractivity contribution is 0.0343. The topological polar surface area (TPSA) is 103 Å². The fourth-order valence-electron chi connectivity index (χ4n) is 4.87. The van der Waals surface area contributed by atoms with Gasteiger partial charge in [-0.2, -0.15) is 0 Å². The van der Waals surface area contributed by atoms with E-state index in [-0.39, 0.29) is 11.4 Å². The molecule has 0 unspecified atom stereocenters. The molecule has 1 saturated heterocycles. The van der Waals surface area contributed by atoms with Gasteiger partial charge in [-0.25, -0.2) is 9.59 Å². The number of benzene rings is 3. The summed E-state index contributed by atoms with van der Waals surface area (Å²) in [5, 5.41) is 2.73. The molecule has 0 aliphatic carbocycles. The van der Waals surface area contributed by atoms with Crippen LogP contribution in [0.5, 0.6) is 0 Å². The minimum absolute atomic E-state index is 0.0155. The van der Waals surface area contributed by atoms with E-state index in [1.54, 1.807) is 18.5 Å². The van der Waals surface area contributed by atoms with Crippen molar-refractivity contribution in [2.45, 2.75) is 20.8 Å². The number of carbonyl (C=O) groups excluding carboxylic acids is 2. The number of aromatic amines is 2. The number of hydrogen-bond acceptors (Lipinski definition) is 6. The van der Waals surface area contributed by atoms with Crippen LogP contribution in [-0.4, -0.2) is 56.5 Å². The maximum atomic E-state index is 11.8. The smallest absolute Gasteiger partial charge is 0.465 e. The number of ether oxygens (including phenoxy) is 2. The van der Waals surface area contributed by atoms with Gasteiger partial charge in [0.15, 0.2) is 0 Å². The van der Waals surface area contributed by atoms with Crippen molar-refractivity contribution in [3.8, 4) is 11.1 Å². The van der Waals surface area contributed by atoms with Gasteiger partial charge in [0.05, 0.1) is 30.4 Å². The van der Waals surface area contributed by atoms with Crippen LogP contribution in [0.15, 0.2) is 60.9 Å². The summed E-state index contributed by atoms with van der Waals surface area (Å²) in [6, 6.07) is 15.5. The Morgan fingerprint density at radius 3 is 1.86 bits per heavy atom. The van der Waals surface area contributed by atoms with E-state index in [9.17, 15) is 9.59 Å². The highest BCUT2D eigenvalue weighted by atomic mass is 35.5. The van der Waals surface area contributed by atoms with Gasteiger partial charge in [-0.15, -0.1) is 0 Å². The Labute approximate surface area is 259 Å². The van der Waals surface area contributed by atoms with Crippen molar-refractivity contribution in [1.29, 1.82) is 0 Å². The summed E-state index contributed by atoms with van der Waals surface area (Å²) in [5.74, 6) is -0.760. The number of aryl methyl sites for hydroxylation is 1. The van der Waals surface area contributed by atoms with Crippen LogP contribution in [-0.2, 0) is 18.8 Å². The first kappa shape index (κ1) is 30.7. The molecular weight excluding hydrogens is 590 g/mol. The highest BCUT2D eigenvalue weighted by Gasteiger charge is 2.35. The molecule has 11 heteroatoms. The number of halogens is 2. The molecule has 0 bridgehead atoms. The third kappa shape index (κ3) is 6.45. The molecule has 0 radical (unpaired) electrons. The second kappa shape index (κ2) is 12.5. The normalized spacial score (nSPS) is 14.3. The number of hydrogen-bond donors (Lipinski definition) is 2. The first-order chi connectivity index (χ1) is 20.5. The number of methoxy groups -OCH3 is 2. The monoisotopic (exact) mass is 620 g/mol. The van der Waals surface area contributed by atoms with E-state index < -0.39 is 13.1 Å². The maximum Gasteiger partial charge on any atom is 0.495 e. The Morgan fingerprint density at radius 1 is 0.814 bits per heavy atom. The van der Waals surface area contributed by atoms with Gasteiger partial charge in [0.2, 0.25) is 0 Å². The predicted octanol–water partition coefficient (Wildman–Crippen LogP) is 6.96. The van der Waals surface area contributed by atoms with Gasteiger partial charge >= 0.3 is 19.1 Å². The number of aromatic nitrogens is 2. The van der Waals surface area contributed by atoms with E-state index in [0.717, 1.165) is 38.4 Å². The molecule has 5 aromatic rings. The minimum Gasteiger partial charge on any atom is -0.465 e. The van der Waals surface area contributed by atoms with Gasteiger partial charge in [0, 0.05) is 68.9 Å². The Kier molecular flexibility index (Phi) is 8.90. The summed E-state index contributed by atoms with van der Waals surface area (Å²) < 4.78 is 21.2. The molecule has 1 aliphatic rings. The van der Waals surface area contributed by atoms with Gasteiger partial charge in [0.25, 0.3) is 0 Å². The third-order valence-corrected chi connectivity index (χ3v) is 7.89. The number of rotatable bonds is 4. The fraction of sp³-hybridized carbons (Fsp3) is 0.250. The summed E-state index contributed by atoms with van der Waals surface area (Å²) in [7, 11) is 2.20. The van der Waals surface area contributed by atoms with Crippen LogP contribution < -0.4 is 5.46 Å². The van der Waals surface area contributed by atoms with E-state index >= 15 is 0 Å². The van der Waals surface area contributed by atoms with Gasteiger partial charge < -0.3 is 28.8 Å². The zero-order chi connectivity index (χ0) is 30.9. The molecule has 3 aromatic carbocycles. The Morgan fingerprint density at radius 2 is 1.33 bits per heavy atom. The molecule has 0 atom stereocenters. The third-order valence-electron chi connectivity index (χ3n) is 7.25. The van der Waals surface area contributed by atoms with Crippen LogP contribution in [0.1, 0.15) is 40.1 Å². The molecule has 6 rings (SSSR count). The van der Waals surface area contributed by atoms with Crippen LogP contribution in [0, 0.1) is 12.3 Å². The zero-order valence-electron chi connectivity index (χ0n) is 24.5. The molecule has 1 fully saturated rings. The van der Waals surface area contributed by atoms with Crippen LogP contribution in [0.3, 0.4) is 0 Å². The van der Waals surface area contributed by atoms with E-state index in [2.05, 4.69) is 23.8 Å². The Hall–Kier alpha value is -3.76. The van der Waals surface area contributed by atoms with Crippen molar-refractivity contribution < 1.29 is 28.4 Å². The van der Waals surface area contributed by atoms with Crippen molar-refractivity contribution in [2.24, 2.45) is 5.41 Å². The standard InChI is InChI=1S/C17H14ClNO2.C15H17BClNO4/c1-10-3-5-11(6-4-10)12-7-13-14(17(20)21-2)9-19-16(13)8-15(12)18;1-15(2)7-21-16(22-8-15)11-4-9-10(14(19)20-3)6-18-13(9)5-12(11)17/h3-9,19H,1-2H3;4-6,18H,7-8H2,1-3H3. The lowest BCUT2D eigenvalue weighted by atomic mass is 9.75. The summed E-state index contributed by atoms with van der Waals surface area (Å²) in [6.07, 6.45) is 3.26. The number of esters is 2. The molecule has 8 nitrogen and oxygen atoms in total. The molecule has 3 heterocycles. The van der Waals surface area contributed by atoms with Crippen LogP contribution in [0.2, 0.25) is 10.0 Å². The van der Waals surface area contributed by atoms with Crippen molar-refractivity contribution in [2.75, 3.05) is 27.4 Å². The lowest BCUT2D eigenvalue weighted by Gasteiger charge is -2.33. The maximum absolute atomic E-state index is 11.8. The quantitative estimate of drug-likeness (QED) is 0.166. The second-order valence-electron chi connectivity index (χ2n) is 11.2. The molecule has 1 aliphatic heterocycles. The average molecular weight is 621 g/mol. The molecule has 0 amide bonds. The van der Waals surface area contributed by atoms with Gasteiger partial charge in [0.1, 0.15) is 0 Å². The van der Waals surface area contributed by atoms with Crippen molar-refractivity contribution in [3.63, 3.8) is 0 Å². The summed E-state index contributed by atoms with van der Waals surface area (Å²) in [5.41, 5.74) is 6.37. The molecule has 2 aromatic heterocycles. The van der Waals surface area contributed by atoms with Crippen LogP contribution >= 0.6 is 23.2 Å². The van der Waals surface area contributed by atoms with E-state index in [1.165, 1.54) is 19.8 Å². The Balaban J connectivity index is 0.000000171. The van der Waals surface area contributed by atoms with Crippen molar-refractivity contribution in [1.82, 2.24) is 9.97 Å². The van der Waals surface area contributed by atoms with Crippen LogP contribution in [0.4, 0.5) is 0 Å². The lowest BCUT2D eigenvalue weighted by Crippen LogP contribution is -2.47.